The highest BCUT2D eigenvalue weighted by molar-refractivity contribution is 5.38. The number of rotatable bonds is 3. The summed E-state index contributed by atoms with van der Waals surface area (Å²) in [6.07, 6.45) is 8.02. The Bertz CT molecular complexity index is 354. The zero-order chi connectivity index (χ0) is 12.7. The van der Waals surface area contributed by atoms with Crippen LogP contribution in [0.3, 0.4) is 0 Å². The van der Waals surface area contributed by atoms with E-state index in [0.717, 1.165) is 13.0 Å². The lowest BCUT2D eigenvalue weighted by Crippen LogP contribution is -2.37. The molecule has 1 aliphatic carbocycles. The summed E-state index contributed by atoms with van der Waals surface area (Å²) in [5.74, 6) is 0. The molecule has 0 aromatic carbocycles. The quantitative estimate of drug-likeness (QED) is 0.698. The molecule has 0 amide bonds. The summed E-state index contributed by atoms with van der Waals surface area (Å²) >= 11 is 0. The Morgan fingerprint density at radius 1 is 1.47 bits per heavy atom. The van der Waals surface area contributed by atoms with Crippen LogP contribution >= 0.6 is 0 Å². The zero-order valence-corrected chi connectivity index (χ0v) is 11.6. The molecule has 17 heavy (non-hydrogen) atoms. The van der Waals surface area contributed by atoms with E-state index in [1.54, 1.807) is 0 Å². The minimum atomic E-state index is -0.224. The van der Waals surface area contributed by atoms with Crippen LogP contribution in [-0.2, 0) is 9.47 Å². The van der Waals surface area contributed by atoms with Crippen molar-refractivity contribution in [1.29, 1.82) is 0 Å². The van der Waals surface area contributed by atoms with Gasteiger partial charge in [-0.25, -0.2) is 0 Å². The van der Waals surface area contributed by atoms with E-state index in [4.69, 9.17) is 9.47 Å². The lowest BCUT2D eigenvalue weighted by molar-refractivity contribution is -0.0712. The number of hydrogen-bond acceptors (Lipinski definition) is 2. The van der Waals surface area contributed by atoms with Crippen LogP contribution in [0.15, 0.2) is 23.8 Å². The van der Waals surface area contributed by atoms with Crippen molar-refractivity contribution in [3.63, 3.8) is 0 Å². The highest BCUT2D eigenvalue weighted by Gasteiger charge is 2.46. The van der Waals surface area contributed by atoms with Crippen molar-refractivity contribution in [2.75, 3.05) is 6.61 Å². The predicted octanol–water partition coefficient (Wildman–Crippen LogP) is 3.48. The van der Waals surface area contributed by atoms with Gasteiger partial charge in [0.05, 0.1) is 6.10 Å². The summed E-state index contributed by atoms with van der Waals surface area (Å²) in [6.45, 7) is 11.6. The van der Waals surface area contributed by atoms with E-state index >= 15 is 0 Å². The molecule has 2 aliphatic rings. The lowest BCUT2D eigenvalue weighted by atomic mass is 9.70. The standard InChI is InChI=1S/C15H24O2/c1-6-16-11(2)12-10-13-14(3,4)8-7-9-15(13,5)17-12/h7,9-12H,6,8H2,1-5H3/t11?,12?,15-/m1/s1. The fourth-order valence-corrected chi connectivity index (χ4v) is 3.01. The molecular weight excluding hydrogens is 212 g/mol. The first-order valence-electron chi connectivity index (χ1n) is 6.59. The van der Waals surface area contributed by atoms with E-state index < -0.39 is 0 Å². The molecule has 0 N–H and O–H groups in total. The van der Waals surface area contributed by atoms with Crippen molar-refractivity contribution in [2.24, 2.45) is 5.41 Å². The minimum Gasteiger partial charge on any atom is -0.376 e. The molecule has 0 saturated carbocycles. The van der Waals surface area contributed by atoms with Crippen LogP contribution in [0, 0.1) is 5.41 Å². The Hall–Kier alpha value is -0.600. The van der Waals surface area contributed by atoms with Crippen LogP contribution in [0.2, 0.25) is 0 Å². The monoisotopic (exact) mass is 236 g/mol. The summed E-state index contributed by atoms with van der Waals surface area (Å²) < 4.78 is 11.8. The van der Waals surface area contributed by atoms with Gasteiger partial charge in [-0.2, -0.15) is 0 Å². The second kappa shape index (κ2) is 4.25. The third-order valence-corrected chi connectivity index (χ3v) is 3.93. The summed E-state index contributed by atoms with van der Waals surface area (Å²) in [5.41, 5.74) is 1.38. The van der Waals surface area contributed by atoms with Crippen LogP contribution in [-0.4, -0.2) is 24.4 Å². The SMILES string of the molecule is CCOC(C)C1C=C2C(C)(C)CC=C[C@@]2(C)O1. The van der Waals surface area contributed by atoms with Gasteiger partial charge in [-0.1, -0.05) is 32.1 Å². The second-order valence-corrected chi connectivity index (χ2v) is 5.92. The number of ether oxygens (including phenoxy) is 2. The molecule has 96 valence electrons. The normalized spacial score (nSPS) is 36.5. The van der Waals surface area contributed by atoms with Gasteiger partial charge in [-0.05, 0) is 38.2 Å². The predicted molar refractivity (Wildman–Crippen MR) is 70.0 cm³/mol. The molecule has 0 saturated heterocycles. The molecule has 0 aromatic heterocycles. The van der Waals surface area contributed by atoms with Crippen LogP contribution in [0.1, 0.15) is 41.0 Å². The molecule has 0 radical (unpaired) electrons. The average Bonchev–Trinajstić information content (AvgIpc) is 2.57. The Balaban J connectivity index is 2.25. The third kappa shape index (κ3) is 2.21. The first-order chi connectivity index (χ1) is 7.89. The van der Waals surface area contributed by atoms with E-state index in [1.165, 1.54) is 5.57 Å². The Labute approximate surface area is 105 Å². The summed E-state index contributed by atoms with van der Waals surface area (Å²) in [5, 5.41) is 0. The maximum absolute atomic E-state index is 6.20. The van der Waals surface area contributed by atoms with Crippen LogP contribution in [0.5, 0.6) is 0 Å². The van der Waals surface area contributed by atoms with Gasteiger partial charge < -0.3 is 9.47 Å². The summed E-state index contributed by atoms with van der Waals surface area (Å²) in [4.78, 5) is 0. The van der Waals surface area contributed by atoms with Gasteiger partial charge in [0.2, 0.25) is 0 Å². The molecule has 1 aliphatic heterocycles. The Morgan fingerprint density at radius 3 is 2.76 bits per heavy atom. The van der Waals surface area contributed by atoms with E-state index in [2.05, 4.69) is 45.9 Å². The van der Waals surface area contributed by atoms with Crippen molar-refractivity contribution < 1.29 is 9.47 Å². The van der Waals surface area contributed by atoms with Crippen molar-refractivity contribution in [2.45, 2.75) is 58.8 Å². The minimum absolute atomic E-state index is 0.0805. The van der Waals surface area contributed by atoms with Gasteiger partial charge in [0, 0.05) is 6.61 Å². The van der Waals surface area contributed by atoms with Gasteiger partial charge in [-0.15, -0.1) is 0 Å². The van der Waals surface area contributed by atoms with Gasteiger partial charge in [0.15, 0.2) is 0 Å². The maximum Gasteiger partial charge on any atom is 0.106 e. The molecule has 2 nitrogen and oxygen atoms in total. The van der Waals surface area contributed by atoms with Crippen LogP contribution in [0.25, 0.3) is 0 Å². The molecular formula is C15H24O2. The van der Waals surface area contributed by atoms with Crippen molar-refractivity contribution in [1.82, 2.24) is 0 Å². The Morgan fingerprint density at radius 2 is 2.18 bits per heavy atom. The highest BCUT2D eigenvalue weighted by Crippen LogP contribution is 2.48. The molecule has 0 fully saturated rings. The van der Waals surface area contributed by atoms with E-state index in [-0.39, 0.29) is 23.2 Å². The Kier molecular flexibility index (Phi) is 3.21. The molecule has 0 spiro atoms. The van der Waals surface area contributed by atoms with Crippen LogP contribution in [0.4, 0.5) is 0 Å². The summed E-state index contributed by atoms with van der Waals surface area (Å²) in [6, 6.07) is 0. The molecule has 0 aromatic rings. The third-order valence-electron chi connectivity index (χ3n) is 3.93. The van der Waals surface area contributed by atoms with E-state index in [9.17, 15) is 0 Å². The van der Waals surface area contributed by atoms with Crippen molar-refractivity contribution >= 4 is 0 Å². The first-order valence-corrected chi connectivity index (χ1v) is 6.59. The number of allylic oxidation sites excluding steroid dienone is 1. The second-order valence-electron chi connectivity index (χ2n) is 5.92. The van der Waals surface area contributed by atoms with Crippen LogP contribution < -0.4 is 0 Å². The fourth-order valence-electron chi connectivity index (χ4n) is 3.01. The smallest absolute Gasteiger partial charge is 0.106 e. The zero-order valence-electron chi connectivity index (χ0n) is 11.6. The number of hydrogen-bond donors (Lipinski definition) is 0. The molecule has 2 heteroatoms. The summed E-state index contributed by atoms with van der Waals surface area (Å²) in [7, 11) is 0. The molecule has 1 heterocycles. The molecule has 2 rings (SSSR count). The fraction of sp³-hybridized carbons (Fsp3) is 0.733. The van der Waals surface area contributed by atoms with E-state index in [0.29, 0.717) is 0 Å². The van der Waals surface area contributed by atoms with Gasteiger partial charge >= 0.3 is 0 Å². The molecule has 0 bridgehead atoms. The van der Waals surface area contributed by atoms with Gasteiger partial charge in [0.25, 0.3) is 0 Å². The topological polar surface area (TPSA) is 18.5 Å². The van der Waals surface area contributed by atoms with Gasteiger partial charge in [0.1, 0.15) is 11.7 Å². The maximum atomic E-state index is 6.20. The van der Waals surface area contributed by atoms with Crippen molar-refractivity contribution in [3.8, 4) is 0 Å². The highest BCUT2D eigenvalue weighted by atomic mass is 16.6. The van der Waals surface area contributed by atoms with Gasteiger partial charge in [-0.3, -0.25) is 0 Å². The molecule has 2 unspecified atom stereocenters. The van der Waals surface area contributed by atoms with Crippen molar-refractivity contribution in [3.05, 3.63) is 23.8 Å². The first kappa shape index (κ1) is 12.8. The van der Waals surface area contributed by atoms with E-state index in [1.807, 2.05) is 6.92 Å². The number of fused-ring (bicyclic) bond motifs is 1. The lowest BCUT2D eigenvalue weighted by Gasteiger charge is -2.38. The molecule has 3 atom stereocenters. The average molecular weight is 236 g/mol. The largest absolute Gasteiger partial charge is 0.376 e.